The standard InChI is InChI=1S/C21H38N4O/c1-6-22-21(23-14-10-16-25(17(2)3)18(4)5)24-15-13-20(26)19-11-8-7-9-12-19/h7-9,11-12,17-18,20,26H,6,10,13-16H2,1-5H3,(H2,22,23,24). The molecule has 1 rings (SSSR count). The topological polar surface area (TPSA) is 59.9 Å². The second-order valence-electron chi connectivity index (χ2n) is 7.18. The molecular formula is C21H38N4O. The van der Waals surface area contributed by atoms with Gasteiger partial charge in [0, 0.05) is 38.3 Å². The Hall–Kier alpha value is -1.59. The monoisotopic (exact) mass is 362 g/mol. The lowest BCUT2D eigenvalue weighted by atomic mass is 10.1. The number of hydrogen-bond acceptors (Lipinski definition) is 3. The summed E-state index contributed by atoms with van der Waals surface area (Å²) in [5.74, 6) is 0.827. The lowest BCUT2D eigenvalue weighted by Crippen LogP contribution is -2.39. The third kappa shape index (κ3) is 8.68. The number of nitrogens with zero attached hydrogens (tertiary/aromatic N) is 2. The zero-order valence-electron chi connectivity index (χ0n) is 17.2. The molecule has 1 atom stereocenters. The molecule has 0 heterocycles. The highest BCUT2D eigenvalue weighted by Crippen LogP contribution is 2.14. The van der Waals surface area contributed by atoms with E-state index in [4.69, 9.17) is 0 Å². The van der Waals surface area contributed by atoms with Crippen molar-refractivity contribution in [3.05, 3.63) is 35.9 Å². The van der Waals surface area contributed by atoms with Crippen molar-refractivity contribution in [1.29, 1.82) is 0 Å². The van der Waals surface area contributed by atoms with Gasteiger partial charge in [-0.05, 0) is 53.0 Å². The second-order valence-corrected chi connectivity index (χ2v) is 7.18. The van der Waals surface area contributed by atoms with Gasteiger partial charge in [-0.3, -0.25) is 9.89 Å². The van der Waals surface area contributed by atoms with Crippen LogP contribution in [-0.4, -0.2) is 54.2 Å². The van der Waals surface area contributed by atoms with Crippen LogP contribution >= 0.6 is 0 Å². The fourth-order valence-electron chi connectivity index (χ4n) is 3.07. The molecule has 0 amide bonds. The van der Waals surface area contributed by atoms with Gasteiger partial charge in [0.2, 0.25) is 0 Å². The fourth-order valence-corrected chi connectivity index (χ4v) is 3.07. The molecule has 0 fully saturated rings. The molecule has 1 aromatic carbocycles. The van der Waals surface area contributed by atoms with Gasteiger partial charge in [-0.2, -0.15) is 0 Å². The molecule has 0 saturated carbocycles. The third-order valence-corrected chi connectivity index (χ3v) is 4.41. The zero-order valence-corrected chi connectivity index (χ0v) is 17.2. The molecule has 5 heteroatoms. The van der Waals surface area contributed by atoms with Crippen molar-refractivity contribution in [2.24, 2.45) is 4.99 Å². The van der Waals surface area contributed by atoms with Crippen LogP contribution in [0.25, 0.3) is 0 Å². The predicted octanol–water partition coefficient (Wildman–Crippen LogP) is 3.17. The van der Waals surface area contributed by atoms with E-state index in [1.54, 1.807) is 0 Å². The summed E-state index contributed by atoms with van der Waals surface area (Å²) in [6, 6.07) is 10.9. The lowest BCUT2D eigenvalue weighted by molar-refractivity contribution is 0.168. The zero-order chi connectivity index (χ0) is 19.4. The van der Waals surface area contributed by atoms with Gasteiger partial charge in [0.15, 0.2) is 5.96 Å². The summed E-state index contributed by atoms with van der Waals surface area (Å²) in [7, 11) is 0. The molecule has 0 aromatic heterocycles. The van der Waals surface area contributed by atoms with Crippen LogP contribution < -0.4 is 10.6 Å². The first kappa shape index (κ1) is 22.5. The Morgan fingerprint density at radius 3 is 2.31 bits per heavy atom. The number of aliphatic hydroxyl groups excluding tert-OH is 1. The van der Waals surface area contributed by atoms with E-state index in [0.717, 1.165) is 37.6 Å². The molecule has 0 aliphatic heterocycles. The SMILES string of the molecule is CCNC(=NCCCN(C(C)C)C(C)C)NCCC(O)c1ccccc1. The quantitative estimate of drug-likeness (QED) is 0.321. The van der Waals surface area contributed by atoms with Crippen LogP contribution in [0.1, 0.15) is 59.1 Å². The summed E-state index contributed by atoms with van der Waals surface area (Å²) in [6.45, 7) is 14.4. The molecule has 148 valence electrons. The van der Waals surface area contributed by atoms with E-state index in [1.807, 2.05) is 30.3 Å². The first-order valence-corrected chi connectivity index (χ1v) is 9.96. The molecule has 1 aromatic rings. The van der Waals surface area contributed by atoms with E-state index in [1.165, 1.54) is 0 Å². The van der Waals surface area contributed by atoms with Crippen molar-refractivity contribution in [2.75, 3.05) is 26.2 Å². The number of hydrogen-bond donors (Lipinski definition) is 3. The van der Waals surface area contributed by atoms with Crippen LogP contribution in [0.15, 0.2) is 35.3 Å². The van der Waals surface area contributed by atoms with Gasteiger partial charge < -0.3 is 15.7 Å². The fraction of sp³-hybridized carbons (Fsp3) is 0.667. The van der Waals surface area contributed by atoms with Gasteiger partial charge >= 0.3 is 0 Å². The first-order valence-electron chi connectivity index (χ1n) is 9.96. The summed E-state index contributed by atoms with van der Waals surface area (Å²) < 4.78 is 0. The summed E-state index contributed by atoms with van der Waals surface area (Å²) in [5.41, 5.74) is 0.957. The lowest BCUT2D eigenvalue weighted by Gasteiger charge is -2.30. The van der Waals surface area contributed by atoms with Crippen molar-refractivity contribution in [3.63, 3.8) is 0 Å². The Morgan fingerprint density at radius 1 is 1.08 bits per heavy atom. The normalized spacial score (nSPS) is 13.5. The van der Waals surface area contributed by atoms with E-state index in [2.05, 4.69) is 55.1 Å². The molecule has 0 spiro atoms. The summed E-state index contributed by atoms with van der Waals surface area (Å²) in [5, 5.41) is 16.8. The number of aliphatic imine (C=N–C) groups is 1. The summed E-state index contributed by atoms with van der Waals surface area (Å²) in [4.78, 5) is 7.15. The highest BCUT2D eigenvalue weighted by molar-refractivity contribution is 5.79. The van der Waals surface area contributed by atoms with Gasteiger partial charge in [-0.1, -0.05) is 30.3 Å². The van der Waals surface area contributed by atoms with Crippen LogP contribution in [-0.2, 0) is 0 Å². The highest BCUT2D eigenvalue weighted by atomic mass is 16.3. The van der Waals surface area contributed by atoms with Gasteiger partial charge in [0.05, 0.1) is 6.10 Å². The van der Waals surface area contributed by atoms with E-state index in [0.29, 0.717) is 25.0 Å². The van der Waals surface area contributed by atoms with Crippen LogP contribution in [0.5, 0.6) is 0 Å². The molecule has 0 bridgehead atoms. The molecule has 1 unspecified atom stereocenters. The van der Waals surface area contributed by atoms with E-state index < -0.39 is 6.10 Å². The van der Waals surface area contributed by atoms with Crippen LogP contribution in [0.3, 0.4) is 0 Å². The number of benzene rings is 1. The predicted molar refractivity (Wildman–Crippen MR) is 112 cm³/mol. The van der Waals surface area contributed by atoms with Crippen molar-refractivity contribution in [3.8, 4) is 0 Å². The van der Waals surface area contributed by atoms with Crippen LogP contribution in [0.2, 0.25) is 0 Å². The molecular weight excluding hydrogens is 324 g/mol. The van der Waals surface area contributed by atoms with E-state index in [-0.39, 0.29) is 0 Å². The minimum absolute atomic E-state index is 0.447. The largest absolute Gasteiger partial charge is 0.388 e. The van der Waals surface area contributed by atoms with Crippen LogP contribution in [0.4, 0.5) is 0 Å². The Kier molecular flexibility index (Phi) is 11.0. The summed E-state index contributed by atoms with van der Waals surface area (Å²) >= 11 is 0. The third-order valence-electron chi connectivity index (χ3n) is 4.41. The first-order chi connectivity index (χ1) is 12.5. The number of guanidine groups is 1. The number of rotatable bonds is 11. The Morgan fingerprint density at radius 2 is 1.73 bits per heavy atom. The molecule has 0 aliphatic carbocycles. The molecule has 3 N–H and O–H groups in total. The van der Waals surface area contributed by atoms with Crippen molar-refractivity contribution in [2.45, 2.75) is 65.6 Å². The van der Waals surface area contributed by atoms with Gasteiger partial charge in [0.25, 0.3) is 0 Å². The van der Waals surface area contributed by atoms with E-state index in [9.17, 15) is 5.11 Å². The maximum Gasteiger partial charge on any atom is 0.191 e. The van der Waals surface area contributed by atoms with Gasteiger partial charge in [0.1, 0.15) is 0 Å². The van der Waals surface area contributed by atoms with Crippen molar-refractivity contribution >= 4 is 5.96 Å². The highest BCUT2D eigenvalue weighted by Gasteiger charge is 2.12. The number of nitrogens with one attached hydrogen (secondary N) is 2. The Balaban J connectivity index is 2.38. The maximum atomic E-state index is 10.2. The minimum Gasteiger partial charge on any atom is -0.388 e. The summed E-state index contributed by atoms with van der Waals surface area (Å²) in [6.07, 6.45) is 1.25. The molecule has 0 saturated heterocycles. The molecule has 0 radical (unpaired) electrons. The average Bonchev–Trinajstić information content (AvgIpc) is 2.61. The number of aliphatic hydroxyl groups is 1. The van der Waals surface area contributed by atoms with Crippen molar-refractivity contribution < 1.29 is 5.11 Å². The molecule has 26 heavy (non-hydrogen) atoms. The van der Waals surface area contributed by atoms with E-state index >= 15 is 0 Å². The second kappa shape index (κ2) is 12.7. The maximum absolute atomic E-state index is 10.2. The Bertz CT molecular complexity index is 494. The molecule has 0 aliphatic rings. The average molecular weight is 363 g/mol. The Labute approximate surface area is 159 Å². The minimum atomic E-state index is -0.447. The van der Waals surface area contributed by atoms with Crippen LogP contribution in [0, 0.1) is 0 Å². The smallest absolute Gasteiger partial charge is 0.191 e. The van der Waals surface area contributed by atoms with Gasteiger partial charge in [-0.15, -0.1) is 0 Å². The van der Waals surface area contributed by atoms with Crippen molar-refractivity contribution in [1.82, 2.24) is 15.5 Å². The molecule has 5 nitrogen and oxygen atoms in total. The van der Waals surface area contributed by atoms with Gasteiger partial charge in [-0.25, -0.2) is 0 Å².